The zero-order valence-electron chi connectivity index (χ0n) is 29.5. The normalized spacial score (nSPS) is 14.2. The van der Waals surface area contributed by atoms with Crippen LogP contribution in [0.1, 0.15) is 142 Å². The molecule has 0 fully saturated rings. The first-order valence-corrected chi connectivity index (χ1v) is 22.2. The minimum atomic E-state index is -3.58. The number of unbranched alkanes of at least 4 members (excludes halogenated alkanes) is 16. The van der Waals surface area contributed by atoms with Gasteiger partial charge in [0.15, 0.2) is 0 Å². The summed E-state index contributed by atoms with van der Waals surface area (Å²) < 4.78 is 32.0. The maximum Gasteiger partial charge on any atom is 0.207 e. The molecule has 262 valence electrons. The fourth-order valence-electron chi connectivity index (χ4n) is 7.86. The monoisotopic (exact) mass is 797 g/mol. The lowest BCUT2D eigenvalue weighted by Crippen LogP contribution is -2.11. The van der Waals surface area contributed by atoms with Gasteiger partial charge >= 0.3 is 0 Å². The first-order valence-electron chi connectivity index (χ1n) is 19.2. The van der Waals surface area contributed by atoms with Crippen molar-refractivity contribution in [2.45, 2.75) is 159 Å². The molecular formula is C42H57Br2NO2S. The third kappa shape index (κ3) is 9.37. The van der Waals surface area contributed by atoms with Crippen LogP contribution in [0.5, 0.6) is 0 Å². The van der Waals surface area contributed by atoms with Gasteiger partial charge in [0.05, 0.1) is 15.3 Å². The van der Waals surface area contributed by atoms with E-state index in [1.165, 1.54) is 139 Å². The van der Waals surface area contributed by atoms with Crippen LogP contribution in [0.25, 0.3) is 32.9 Å². The van der Waals surface area contributed by atoms with Gasteiger partial charge in [-0.05, 0) is 61.2 Å². The average Bonchev–Trinajstić information content (AvgIpc) is 3.48. The molecular weight excluding hydrogens is 742 g/mol. The Kier molecular flexibility index (Phi) is 14.5. The van der Waals surface area contributed by atoms with E-state index >= 15 is 0 Å². The highest BCUT2D eigenvalue weighted by Gasteiger charge is 2.34. The fourth-order valence-corrected chi connectivity index (χ4v) is 10.4. The van der Waals surface area contributed by atoms with Crippen LogP contribution < -0.4 is 0 Å². The highest BCUT2D eigenvalue weighted by Crippen LogP contribution is 2.47. The fraction of sp³-hybridized carbons (Fsp3) is 0.571. The van der Waals surface area contributed by atoms with Crippen molar-refractivity contribution in [1.82, 2.24) is 4.57 Å². The smallest absolute Gasteiger partial charge is 0.207 e. The van der Waals surface area contributed by atoms with Crippen molar-refractivity contribution in [3.05, 3.63) is 57.5 Å². The number of sulfone groups is 1. The number of hydrogen-bond donors (Lipinski definition) is 0. The van der Waals surface area contributed by atoms with Gasteiger partial charge in [0, 0.05) is 42.9 Å². The zero-order chi connectivity index (χ0) is 33.9. The highest BCUT2D eigenvalue weighted by molar-refractivity contribution is 9.10. The largest absolute Gasteiger partial charge is 0.340 e. The van der Waals surface area contributed by atoms with Crippen LogP contribution in [-0.4, -0.2) is 13.0 Å². The SMILES string of the molecule is CCCCCCCCCCCCC(CCCCCCCCCC)Cn1c2ccc(Br)cc2c2cc3c(cc21)S(=O)(=O)c1cc(Br)ccc1-3. The molecule has 0 saturated heterocycles. The van der Waals surface area contributed by atoms with E-state index in [0.29, 0.717) is 15.7 Å². The second-order valence-electron chi connectivity index (χ2n) is 14.4. The summed E-state index contributed by atoms with van der Waals surface area (Å²) in [5, 5.41) is 2.33. The summed E-state index contributed by atoms with van der Waals surface area (Å²) in [6, 6.07) is 16.3. The Morgan fingerprint density at radius 3 is 1.60 bits per heavy atom. The van der Waals surface area contributed by atoms with Crippen molar-refractivity contribution in [3.63, 3.8) is 0 Å². The minimum absolute atomic E-state index is 0.407. The molecule has 6 heteroatoms. The van der Waals surface area contributed by atoms with E-state index in [-0.39, 0.29) is 0 Å². The van der Waals surface area contributed by atoms with Gasteiger partial charge in [-0.3, -0.25) is 0 Å². The summed E-state index contributed by atoms with van der Waals surface area (Å²) in [4.78, 5) is 0.852. The van der Waals surface area contributed by atoms with E-state index in [0.717, 1.165) is 37.5 Å². The molecule has 1 aromatic heterocycles. The number of hydrogen-bond acceptors (Lipinski definition) is 2. The lowest BCUT2D eigenvalue weighted by Gasteiger charge is -2.20. The molecule has 0 spiro atoms. The Morgan fingerprint density at radius 2 is 1.02 bits per heavy atom. The Hall–Kier alpha value is -1.63. The molecule has 0 bridgehead atoms. The molecule has 1 unspecified atom stereocenters. The molecule has 0 N–H and O–H groups in total. The summed E-state index contributed by atoms with van der Waals surface area (Å²) in [6.45, 7) is 5.51. The van der Waals surface area contributed by atoms with Crippen molar-refractivity contribution in [3.8, 4) is 11.1 Å². The van der Waals surface area contributed by atoms with Crippen LogP contribution in [0.2, 0.25) is 0 Å². The molecule has 1 aliphatic rings. The van der Waals surface area contributed by atoms with Gasteiger partial charge in [-0.25, -0.2) is 8.42 Å². The Labute approximate surface area is 307 Å². The third-order valence-electron chi connectivity index (χ3n) is 10.6. The van der Waals surface area contributed by atoms with Crippen LogP contribution >= 0.6 is 31.9 Å². The first kappa shape index (κ1) is 37.6. The van der Waals surface area contributed by atoms with Crippen LogP contribution in [0.15, 0.2) is 67.3 Å². The van der Waals surface area contributed by atoms with E-state index in [1.54, 1.807) is 6.07 Å². The van der Waals surface area contributed by atoms with Crippen LogP contribution in [0, 0.1) is 5.92 Å². The van der Waals surface area contributed by atoms with Gasteiger partial charge in [0.25, 0.3) is 0 Å². The molecule has 3 aromatic carbocycles. The average molecular weight is 800 g/mol. The molecule has 2 heterocycles. The van der Waals surface area contributed by atoms with E-state index in [9.17, 15) is 8.42 Å². The summed E-state index contributed by atoms with van der Waals surface area (Å²) >= 11 is 7.22. The number of rotatable bonds is 22. The van der Waals surface area contributed by atoms with Crippen molar-refractivity contribution >= 4 is 63.5 Å². The second-order valence-corrected chi connectivity index (χ2v) is 18.1. The maximum absolute atomic E-state index is 13.8. The summed E-state index contributed by atoms with van der Waals surface area (Å²) in [5.41, 5.74) is 3.87. The zero-order valence-corrected chi connectivity index (χ0v) is 33.5. The van der Waals surface area contributed by atoms with Crippen molar-refractivity contribution in [2.24, 2.45) is 5.92 Å². The maximum atomic E-state index is 13.8. The molecule has 0 aliphatic carbocycles. The molecule has 0 saturated carbocycles. The molecule has 5 rings (SSSR count). The standard InChI is InChI=1S/C42H57Br2NO2S/c1-3-5-7-9-11-13-14-16-18-20-22-32(21-19-17-15-12-10-8-6-4-2)31-45-39-26-24-33(43)27-36(39)37-29-38-35-25-23-34(44)28-41(35)48(46,47)42(38)30-40(37)45/h23-30,32H,3-22,31H2,1-2H3. The summed E-state index contributed by atoms with van der Waals surface area (Å²) in [7, 11) is -3.58. The number of halogens is 2. The molecule has 0 radical (unpaired) electrons. The van der Waals surface area contributed by atoms with Crippen LogP contribution in [0.4, 0.5) is 0 Å². The number of nitrogens with zero attached hydrogens (tertiary/aromatic N) is 1. The lowest BCUT2D eigenvalue weighted by molar-refractivity contribution is 0.364. The van der Waals surface area contributed by atoms with Crippen LogP contribution in [0.3, 0.4) is 0 Å². The molecule has 48 heavy (non-hydrogen) atoms. The number of benzene rings is 3. The van der Waals surface area contributed by atoms with Gasteiger partial charge in [-0.2, -0.15) is 0 Å². The molecule has 0 amide bonds. The van der Waals surface area contributed by atoms with Crippen molar-refractivity contribution < 1.29 is 8.42 Å². The summed E-state index contributed by atoms with van der Waals surface area (Å²) in [6.07, 6.45) is 26.8. The number of fused-ring (bicyclic) bond motifs is 6. The van der Waals surface area contributed by atoms with Gasteiger partial charge in [-0.15, -0.1) is 0 Å². The topological polar surface area (TPSA) is 39.1 Å². The molecule has 4 aromatic rings. The van der Waals surface area contributed by atoms with E-state index in [4.69, 9.17) is 0 Å². The van der Waals surface area contributed by atoms with Crippen LogP contribution in [-0.2, 0) is 16.4 Å². The third-order valence-corrected chi connectivity index (χ3v) is 13.4. The number of aromatic nitrogens is 1. The first-order chi connectivity index (χ1) is 23.3. The quantitative estimate of drug-likeness (QED) is 0.0654. The van der Waals surface area contributed by atoms with Gasteiger partial charge in [0.2, 0.25) is 9.84 Å². The lowest BCUT2D eigenvalue weighted by atomic mass is 9.93. The Balaban J connectivity index is 1.34. The second kappa shape index (κ2) is 18.6. The van der Waals surface area contributed by atoms with Crippen molar-refractivity contribution in [2.75, 3.05) is 0 Å². The van der Waals surface area contributed by atoms with E-state index in [1.807, 2.05) is 18.2 Å². The molecule has 3 nitrogen and oxygen atoms in total. The van der Waals surface area contributed by atoms with E-state index in [2.05, 4.69) is 74.5 Å². The van der Waals surface area contributed by atoms with E-state index < -0.39 is 9.84 Å². The Morgan fingerprint density at radius 1 is 0.542 bits per heavy atom. The van der Waals surface area contributed by atoms with Crippen molar-refractivity contribution in [1.29, 1.82) is 0 Å². The minimum Gasteiger partial charge on any atom is -0.340 e. The van der Waals surface area contributed by atoms with Gasteiger partial charge < -0.3 is 4.57 Å². The van der Waals surface area contributed by atoms with Gasteiger partial charge in [0.1, 0.15) is 0 Å². The molecule has 1 aliphatic heterocycles. The Bertz CT molecular complexity index is 1740. The highest BCUT2D eigenvalue weighted by atomic mass is 79.9. The predicted octanol–water partition coefficient (Wildman–Crippen LogP) is 14.6. The summed E-state index contributed by atoms with van der Waals surface area (Å²) in [5.74, 6) is 0.583. The van der Waals surface area contributed by atoms with Gasteiger partial charge in [-0.1, -0.05) is 167 Å². The predicted molar refractivity (Wildman–Crippen MR) is 213 cm³/mol. The molecule has 1 atom stereocenters.